The standard InChI is InChI=1S/C10H13NO/c1-4-7-8-9(5-2)10(12)11-6-3/h4-6,8H,1-3,7H2,(H,11,12). The summed E-state index contributed by atoms with van der Waals surface area (Å²) in [4.78, 5) is 11.1. The molecule has 0 atom stereocenters. The molecule has 0 aromatic heterocycles. The second kappa shape index (κ2) is 6.16. The van der Waals surface area contributed by atoms with Crippen molar-refractivity contribution in [2.75, 3.05) is 0 Å². The Kier molecular flexibility index (Phi) is 5.35. The van der Waals surface area contributed by atoms with Crippen LogP contribution in [0.5, 0.6) is 0 Å². The SMILES string of the molecule is C=CCC=C(C=C)C(=O)NC=C. The topological polar surface area (TPSA) is 29.1 Å². The Morgan fingerprint density at radius 3 is 2.42 bits per heavy atom. The molecule has 2 nitrogen and oxygen atoms in total. The maximum atomic E-state index is 11.1. The van der Waals surface area contributed by atoms with Crippen molar-refractivity contribution in [3.05, 3.63) is 49.7 Å². The minimum atomic E-state index is -0.193. The second-order valence-electron chi connectivity index (χ2n) is 2.07. The quantitative estimate of drug-likeness (QED) is 0.374. The summed E-state index contributed by atoms with van der Waals surface area (Å²) in [5.74, 6) is -0.193. The number of carbonyl (C=O) groups excluding carboxylic acids is 1. The van der Waals surface area contributed by atoms with Crippen molar-refractivity contribution in [2.45, 2.75) is 6.42 Å². The van der Waals surface area contributed by atoms with Crippen molar-refractivity contribution in [3.8, 4) is 0 Å². The zero-order valence-corrected chi connectivity index (χ0v) is 7.05. The van der Waals surface area contributed by atoms with Crippen LogP contribution in [0, 0.1) is 0 Å². The van der Waals surface area contributed by atoms with Gasteiger partial charge in [-0.1, -0.05) is 31.4 Å². The van der Waals surface area contributed by atoms with Crippen molar-refractivity contribution in [2.24, 2.45) is 0 Å². The molecule has 0 saturated carbocycles. The van der Waals surface area contributed by atoms with Gasteiger partial charge in [0, 0.05) is 5.57 Å². The Morgan fingerprint density at radius 1 is 1.33 bits per heavy atom. The summed E-state index contributed by atoms with van der Waals surface area (Å²) in [6.45, 7) is 10.4. The Bertz CT molecular complexity index is 226. The van der Waals surface area contributed by atoms with Crippen LogP contribution in [-0.4, -0.2) is 5.91 Å². The highest BCUT2D eigenvalue weighted by Crippen LogP contribution is 1.98. The predicted molar refractivity (Wildman–Crippen MR) is 51.4 cm³/mol. The third-order valence-electron chi connectivity index (χ3n) is 1.22. The number of hydrogen-bond donors (Lipinski definition) is 1. The summed E-state index contributed by atoms with van der Waals surface area (Å²) in [5.41, 5.74) is 0.537. The number of allylic oxidation sites excluding steroid dienone is 2. The third-order valence-corrected chi connectivity index (χ3v) is 1.22. The minimum absolute atomic E-state index is 0.193. The van der Waals surface area contributed by atoms with E-state index in [1.165, 1.54) is 12.3 Å². The predicted octanol–water partition coefficient (Wildman–Crippen LogP) is 1.93. The fourth-order valence-electron chi connectivity index (χ4n) is 0.655. The highest BCUT2D eigenvalue weighted by Gasteiger charge is 2.00. The maximum Gasteiger partial charge on any atom is 0.254 e. The first-order valence-corrected chi connectivity index (χ1v) is 3.61. The Labute approximate surface area is 73.0 Å². The van der Waals surface area contributed by atoms with E-state index in [0.717, 1.165) is 0 Å². The van der Waals surface area contributed by atoms with Gasteiger partial charge in [-0.15, -0.1) is 6.58 Å². The highest BCUT2D eigenvalue weighted by atomic mass is 16.1. The zero-order chi connectivity index (χ0) is 9.40. The molecule has 0 aromatic carbocycles. The second-order valence-corrected chi connectivity index (χ2v) is 2.07. The molecule has 0 bridgehead atoms. The van der Waals surface area contributed by atoms with Gasteiger partial charge in [0.25, 0.3) is 5.91 Å². The van der Waals surface area contributed by atoms with Gasteiger partial charge in [0.2, 0.25) is 0 Å². The normalized spacial score (nSPS) is 10.2. The lowest BCUT2D eigenvalue weighted by Crippen LogP contribution is -2.17. The van der Waals surface area contributed by atoms with Crippen LogP contribution < -0.4 is 5.32 Å². The summed E-state index contributed by atoms with van der Waals surface area (Å²) in [7, 11) is 0. The van der Waals surface area contributed by atoms with Crippen molar-refractivity contribution in [1.82, 2.24) is 5.32 Å². The molecule has 0 spiro atoms. The van der Waals surface area contributed by atoms with Gasteiger partial charge < -0.3 is 5.32 Å². The first-order chi connectivity index (χ1) is 5.76. The molecule has 0 radical (unpaired) electrons. The minimum Gasteiger partial charge on any atom is -0.329 e. The fraction of sp³-hybridized carbons (Fsp3) is 0.100. The average molecular weight is 163 g/mol. The number of nitrogens with one attached hydrogen (secondary N) is 1. The molecule has 12 heavy (non-hydrogen) atoms. The number of amides is 1. The van der Waals surface area contributed by atoms with Crippen LogP contribution in [0.4, 0.5) is 0 Å². The van der Waals surface area contributed by atoms with E-state index >= 15 is 0 Å². The van der Waals surface area contributed by atoms with E-state index in [9.17, 15) is 4.79 Å². The molecular formula is C10H13NO. The van der Waals surface area contributed by atoms with Gasteiger partial charge in [-0.25, -0.2) is 0 Å². The van der Waals surface area contributed by atoms with Crippen molar-refractivity contribution < 1.29 is 4.79 Å². The van der Waals surface area contributed by atoms with Gasteiger partial charge in [0.1, 0.15) is 0 Å². The highest BCUT2D eigenvalue weighted by molar-refractivity contribution is 5.96. The molecule has 0 aliphatic heterocycles. The van der Waals surface area contributed by atoms with E-state index in [4.69, 9.17) is 0 Å². The first-order valence-electron chi connectivity index (χ1n) is 3.61. The van der Waals surface area contributed by atoms with Crippen LogP contribution in [0.2, 0.25) is 0 Å². The lowest BCUT2D eigenvalue weighted by atomic mass is 10.2. The molecule has 0 fully saturated rings. The maximum absolute atomic E-state index is 11.1. The lowest BCUT2D eigenvalue weighted by molar-refractivity contribution is -0.116. The van der Waals surface area contributed by atoms with Gasteiger partial charge in [-0.05, 0) is 12.6 Å². The van der Waals surface area contributed by atoms with Gasteiger partial charge in [0.15, 0.2) is 0 Å². The molecule has 0 aliphatic carbocycles. The molecule has 0 unspecified atom stereocenters. The van der Waals surface area contributed by atoms with Crippen molar-refractivity contribution in [1.29, 1.82) is 0 Å². The summed E-state index contributed by atoms with van der Waals surface area (Å²) in [6, 6.07) is 0. The fourth-order valence-corrected chi connectivity index (χ4v) is 0.655. The van der Waals surface area contributed by atoms with Crippen LogP contribution in [-0.2, 0) is 4.79 Å². The number of rotatable bonds is 5. The molecular weight excluding hydrogens is 150 g/mol. The van der Waals surface area contributed by atoms with Crippen molar-refractivity contribution in [3.63, 3.8) is 0 Å². The number of hydrogen-bond acceptors (Lipinski definition) is 1. The Morgan fingerprint density at radius 2 is 2.00 bits per heavy atom. The van der Waals surface area contributed by atoms with E-state index in [1.807, 2.05) is 0 Å². The largest absolute Gasteiger partial charge is 0.329 e. The van der Waals surface area contributed by atoms with E-state index in [-0.39, 0.29) is 5.91 Å². The molecule has 0 rings (SSSR count). The van der Waals surface area contributed by atoms with Gasteiger partial charge >= 0.3 is 0 Å². The summed E-state index contributed by atoms with van der Waals surface area (Å²) >= 11 is 0. The summed E-state index contributed by atoms with van der Waals surface area (Å²) < 4.78 is 0. The van der Waals surface area contributed by atoms with Gasteiger partial charge in [-0.3, -0.25) is 4.79 Å². The van der Waals surface area contributed by atoms with Crippen LogP contribution in [0.25, 0.3) is 0 Å². The van der Waals surface area contributed by atoms with Gasteiger partial charge in [-0.2, -0.15) is 0 Å². The lowest BCUT2D eigenvalue weighted by Gasteiger charge is -1.98. The number of carbonyl (C=O) groups is 1. The third kappa shape index (κ3) is 3.56. The van der Waals surface area contributed by atoms with E-state index in [2.05, 4.69) is 25.1 Å². The smallest absolute Gasteiger partial charge is 0.254 e. The van der Waals surface area contributed by atoms with E-state index < -0.39 is 0 Å². The molecule has 0 saturated heterocycles. The van der Waals surface area contributed by atoms with Crippen LogP contribution in [0.3, 0.4) is 0 Å². The molecule has 64 valence electrons. The molecule has 0 heterocycles. The molecule has 1 N–H and O–H groups in total. The Hall–Kier alpha value is -1.57. The first kappa shape index (κ1) is 10.4. The van der Waals surface area contributed by atoms with Crippen molar-refractivity contribution >= 4 is 5.91 Å². The van der Waals surface area contributed by atoms with E-state index in [0.29, 0.717) is 12.0 Å². The van der Waals surface area contributed by atoms with Crippen LogP contribution in [0.15, 0.2) is 49.7 Å². The monoisotopic (exact) mass is 163 g/mol. The van der Waals surface area contributed by atoms with Crippen LogP contribution >= 0.6 is 0 Å². The summed E-state index contributed by atoms with van der Waals surface area (Å²) in [5, 5.41) is 2.46. The Balaban J connectivity index is 4.31. The van der Waals surface area contributed by atoms with E-state index in [1.54, 1.807) is 12.2 Å². The van der Waals surface area contributed by atoms with Crippen LogP contribution in [0.1, 0.15) is 6.42 Å². The average Bonchev–Trinajstić information content (AvgIpc) is 2.06. The van der Waals surface area contributed by atoms with Gasteiger partial charge in [0.05, 0.1) is 0 Å². The molecule has 0 aliphatic rings. The molecule has 0 aromatic rings. The zero-order valence-electron chi connectivity index (χ0n) is 7.05. The molecule has 1 amide bonds. The summed E-state index contributed by atoms with van der Waals surface area (Å²) in [6.07, 6.45) is 6.96. The molecule has 2 heteroatoms.